The maximum Gasteiger partial charge on any atom is 0.337 e. The minimum atomic E-state index is -0.463. The van der Waals surface area contributed by atoms with Crippen molar-refractivity contribution in [2.75, 3.05) is 25.1 Å². The van der Waals surface area contributed by atoms with Crippen LogP contribution in [-0.4, -0.2) is 43.2 Å². The Morgan fingerprint density at radius 1 is 1.11 bits per heavy atom. The van der Waals surface area contributed by atoms with Crippen LogP contribution in [0.3, 0.4) is 0 Å². The maximum atomic E-state index is 13.5. The van der Waals surface area contributed by atoms with E-state index in [2.05, 4.69) is 15.2 Å². The van der Waals surface area contributed by atoms with Gasteiger partial charge in [-0.3, -0.25) is 4.79 Å². The van der Waals surface area contributed by atoms with Gasteiger partial charge in [0.25, 0.3) is 5.91 Å². The second-order valence-corrected chi connectivity index (χ2v) is 9.35. The zero-order chi connectivity index (χ0) is 24.4. The zero-order valence-electron chi connectivity index (χ0n) is 19.4. The molecule has 1 saturated carbocycles. The van der Waals surface area contributed by atoms with E-state index >= 15 is 0 Å². The van der Waals surface area contributed by atoms with E-state index in [1.54, 1.807) is 24.4 Å². The summed E-state index contributed by atoms with van der Waals surface area (Å²) in [5.41, 5.74) is 1.40. The number of methoxy groups -OCH3 is 1. The number of amides is 1. The molecule has 180 valence electrons. The van der Waals surface area contributed by atoms with Gasteiger partial charge in [-0.2, -0.15) is 0 Å². The Morgan fingerprint density at radius 2 is 1.86 bits per heavy atom. The topological polar surface area (TPSA) is 80.8 Å². The van der Waals surface area contributed by atoms with Crippen molar-refractivity contribution in [3.63, 3.8) is 0 Å². The smallest absolute Gasteiger partial charge is 0.337 e. The summed E-state index contributed by atoms with van der Waals surface area (Å²) < 4.78 is 10.9. The Labute approximate surface area is 209 Å². The van der Waals surface area contributed by atoms with Crippen LogP contribution < -0.4 is 15.0 Å². The van der Waals surface area contributed by atoms with Crippen LogP contribution in [0.4, 0.5) is 5.82 Å². The summed E-state index contributed by atoms with van der Waals surface area (Å²) in [6.07, 6.45) is 4.04. The molecule has 2 aromatic carbocycles. The molecule has 2 fully saturated rings. The highest BCUT2D eigenvalue weighted by Gasteiger charge is 2.46. The average molecular weight is 492 g/mol. The van der Waals surface area contributed by atoms with Gasteiger partial charge in [0.05, 0.1) is 35.3 Å². The number of benzene rings is 2. The number of carbonyl (C=O) groups excluding carboxylic acids is 2. The van der Waals surface area contributed by atoms with Gasteiger partial charge in [-0.25, -0.2) is 9.78 Å². The number of hydrogen-bond donors (Lipinski definition) is 1. The van der Waals surface area contributed by atoms with Gasteiger partial charge >= 0.3 is 5.97 Å². The number of rotatable bonds is 7. The summed E-state index contributed by atoms with van der Waals surface area (Å²) in [4.78, 5) is 31.8. The third-order valence-electron chi connectivity index (χ3n) is 6.53. The molecule has 1 saturated heterocycles. The average Bonchev–Trinajstić information content (AvgIpc) is 3.52. The van der Waals surface area contributed by atoms with Crippen molar-refractivity contribution in [2.45, 2.75) is 30.9 Å². The fourth-order valence-corrected chi connectivity index (χ4v) is 4.66. The number of ether oxygens (including phenoxy) is 2. The molecule has 3 aromatic rings. The first-order valence-electron chi connectivity index (χ1n) is 11.6. The lowest BCUT2D eigenvalue weighted by Crippen LogP contribution is -2.36. The van der Waals surface area contributed by atoms with Crippen LogP contribution in [0, 0.1) is 0 Å². The first kappa shape index (κ1) is 23.2. The van der Waals surface area contributed by atoms with Crippen LogP contribution in [0.15, 0.2) is 66.9 Å². The van der Waals surface area contributed by atoms with E-state index < -0.39 is 5.54 Å². The first-order valence-corrected chi connectivity index (χ1v) is 12.0. The van der Waals surface area contributed by atoms with Crippen molar-refractivity contribution in [3.05, 3.63) is 88.6 Å². The van der Waals surface area contributed by atoms with E-state index in [1.807, 2.05) is 42.5 Å². The van der Waals surface area contributed by atoms with E-state index in [1.165, 1.54) is 7.11 Å². The third kappa shape index (κ3) is 4.95. The molecular formula is C27H26ClN3O4. The van der Waals surface area contributed by atoms with Crippen LogP contribution in [0.5, 0.6) is 5.75 Å². The predicted molar refractivity (Wildman–Crippen MR) is 133 cm³/mol. The molecule has 5 rings (SSSR count). The molecule has 35 heavy (non-hydrogen) atoms. The molecule has 1 aliphatic heterocycles. The summed E-state index contributed by atoms with van der Waals surface area (Å²) in [5.74, 6) is 0.815. The minimum Gasteiger partial charge on any atom is -0.489 e. The Bertz CT molecular complexity index is 1230. The van der Waals surface area contributed by atoms with E-state index in [-0.39, 0.29) is 18.0 Å². The Kier molecular flexibility index (Phi) is 6.34. The molecular weight excluding hydrogens is 466 g/mol. The lowest BCUT2D eigenvalue weighted by atomic mass is 10.0. The van der Waals surface area contributed by atoms with Crippen LogP contribution in [-0.2, 0) is 10.3 Å². The van der Waals surface area contributed by atoms with Gasteiger partial charge in [0, 0.05) is 19.2 Å². The number of nitrogens with one attached hydrogen (secondary N) is 1. The Hall–Kier alpha value is -3.58. The van der Waals surface area contributed by atoms with Crippen LogP contribution in [0.1, 0.15) is 45.5 Å². The molecule has 2 heterocycles. The molecule has 0 spiro atoms. The van der Waals surface area contributed by atoms with Crippen molar-refractivity contribution in [1.29, 1.82) is 0 Å². The minimum absolute atomic E-state index is 0.00823. The Morgan fingerprint density at radius 3 is 2.54 bits per heavy atom. The lowest BCUT2D eigenvalue weighted by Gasteiger charge is -2.23. The van der Waals surface area contributed by atoms with E-state index in [9.17, 15) is 9.59 Å². The molecule has 1 unspecified atom stereocenters. The molecule has 8 heteroatoms. The molecule has 1 N–H and O–H groups in total. The highest BCUT2D eigenvalue weighted by molar-refractivity contribution is 6.31. The first-order chi connectivity index (χ1) is 17.0. The molecule has 0 bridgehead atoms. The third-order valence-corrected chi connectivity index (χ3v) is 6.74. The number of hydrogen-bond acceptors (Lipinski definition) is 6. The molecule has 1 amide bonds. The summed E-state index contributed by atoms with van der Waals surface area (Å²) >= 11 is 6.24. The molecule has 7 nitrogen and oxygen atoms in total. The number of anilines is 1. The fraction of sp³-hybridized carbons (Fsp3) is 0.296. The highest BCUT2D eigenvalue weighted by Crippen LogP contribution is 2.46. The number of esters is 1. The van der Waals surface area contributed by atoms with Crippen molar-refractivity contribution in [1.82, 2.24) is 10.3 Å². The second-order valence-electron chi connectivity index (χ2n) is 8.92. The molecule has 1 aliphatic carbocycles. The summed E-state index contributed by atoms with van der Waals surface area (Å²) in [5, 5.41) is 3.60. The van der Waals surface area contributed by atoms with Crippen LogP contribution in [0.25, 0.3) is 0 Å². The maximum absolute atomic E-state index is 13.5. The van der Waals surface area contributed by atoms with Crippen molar-refractivity contribution < 1.29 is 19.1 Å². The van der Waals surface area contributed by atoms with Gasteiger partial charge < -0.3 is 19.7 Å². The molecule has 1 aromatic heterocycles. The number of pyridine rings is 1. The summed E-state index contributed by atoms with van der Waals surface area (Å²) in [7, 11) is 1.35. The zero-order valence-corrected chi connectivity index (χ0v) is 20.1. The lowest BCUT2D eigenvalue weighted by molar-refractivity contribution is 0.0600. The van der Waals surface area contributed by atoms with Gasteiger partial charge in [-0.15, -0.1) is 0 Å². The van der Waals surface area contributed by atoms with Crippen molar-refractivity contribution in [2.24, 2.45) is 0 Å². The largest absolute Gasteiger partial charge is 0.489 e. The van der Waals surface area contributed by atoms with Crippen LogP contribution in [0.2, 0.25) is 5.02 Å². The second kappa shape index (κ2) is 9.58. The molecule has 2 aliphatic rings. The predicted octanol–water partition coefficient (Wildman–Crippen LogP) is 4.60. The van der Waals surface area contributed by atoms with Crippen molar-refractivity contribution >= 4 is 29.3 Å². The van der Waals surface area contributed by atoms with Gasteiger partial charge in [0.15, 0.2) is 0 Å². The number of carbonyl (C=O) groups is 2. The summed E-state index contributed by atoms with van der Waals surface area (Å²) in [6, 6.07) is 18.6. The monoisotopic (exact) mass is 491 g/mol. The van der Waals surface area contributed by atoms with Gasteiger partial charge in [-0.05, 0) is 48.7 Å². The number of halogens is 1. The highest BCUT2D eigenvalue weighted by atomic mass is 35.5. The summed E-state index contributed by atoms with van der Waals surface area (Å²) in [6.45, 7) is 1.36. The van der Waals surface area contributed by atoms with E-state index in [0.717, 1.165) is 37.1 Å². The quantitative estimate of drug-likeness (QED) is 0.486. The fourth-order valence-electron chi connectivity index (χ4n) is 4.50. The standard InChI is InChI=1S/C27H26ClN3O4/c1-34-26(33)18-7-9-19(10-8-18)27(12-13-27)30-25(32)23-15-20(28)16-29-24(23)31-14-11-22(17-31)35-21-5-3-2-4-6-21/h2-10,15-16,22H,11-14,17H2,1H3,(H,30,32). The van der Waals surface area contributed by atoms with Gasteiger partial charge in [0.1, 0.15) is 17.7 Å². The number of aromatic nitrogens is 1. The SMILES string of the molecule is COC(=O)c1ccc(C2(NC(=O)c3cc(Cl)cnc3N3CCC(Oc4ccccc4)C3)CC2)cc1. The van der Waals surface area contributed by atoms with Crippen molar-refractivity contribution in [3.8, 4) is 5.75 Å². The van der Waals surface area contributed by atoms with E-state index in [4.69, 9.17) is 21.1 Å². The normalized spacial score (nSPS) is 18.1. The number of nitrogens with zero attached hydrogens (tertiary/aromatic N) is 2. The Balaban J connectivity index is 1.32. The van der Waals surface area contributed by atoms with E-state index in [0.29, 0.717) is 28.5 Å². The van der Waals surface area contributed by atoms with Gasteiger partial charge in [-0.1, -0.05) is 41.9 Å². The van der Waals surface area contributed by atoms with Crippen LogP contribution >= 0.6 is 11.6 Å². The van der Waals surface area contributed by atoms with Gasteiger partial charge in [0.2, 0.25) is 0 Å². The molecule has 0 radical (unpaired) electrons. The number of para-hydroxylation sites is 1. The molecule has 1 atom stereocenters.